The Morgan fingerprint density at radius 3 is 3.05 bits per heavy atom. The lowest BCUT2D eigenvalue weighted by Gasteiger charge is -2.33. The van der Waals surface area contributed by atoms with Gasteiger partial charge in [0.05, 0.1) is 11.6 Å². The van der Waals surface area contributed by atoms with Gasteiger partial charge in [-0.25, -0.2) is 4.98 Å². The van der Waals surface area contributed by atoms with E-state index in [2.05, 4.69) is 35.1 Å². The molecule has 0 radical (unpaired) electrons. The lowest BCUT2D eigenvalue weighted by atomic mass is 9.99. The summed E-state index contributed by atoms with van der Waals surface area (Å²) in [6, 6.07) is 2.56. The maximum Gasteiger partial charge on any atom is 0.128 e. The molecule has 1 aliphatic heterocycles. The molecule has 2 heterocycles. The number of hydrogen-bond acceptors (Lipinski definition) is 4. The molecule has 0 aromatic carbocycles. The molecule has 1 aromatic heterocycles. The Hall–Kier alpha value is -0.840. The zero-order valence-electron chi connectivity index (χ0n) is 13.2. The Morgan fingerprint density at radius 1 is 1.52 bits per heavy atom. The van der Waals surface area contributed by atoms with Crippen LogP contribution in [0.4, 0.5) is 5.82 Å². The topological polar surface area (TPSA) is 37.4 Å². The van der Waals surface area contributed by atoms with Gasteiger partial charge in [0, 0.05) is 39.0 Å². The second kappa shape index (κ2) is 7.97. The van der Waals surface area contributed by atoms with Gasteiger partial charge in [-0.15, -0.1) is 0 Å². The van der Waals surface area contributed by atoms with Gasteiger partial charge in [-0.2, -0.15) is 0 Å². The van der Waals surface area contributed by atoms with Crippen LogP contribution in [0.2, 0.25) is 5.02 Å². The smallest absolute Gasteiger partial charge is 0.128 e. The van der Waals surface area contributed by atoms with Crippen LogP contribution in [-0.4, -0.2) is 37.8 Å². The highest BCUT2D eigenvalue weighted by atomic mass is 35.5. The summed E-state index contributed by atoms with van der Waals surface area (Å²) < 4.78 is 5.30. The number of ether oxygens (including phenoxy) is 1. The Bertz CT molecular complexity index is 451. The van der Waals surface area contributed by atoms with Crippen LogP contribution in [0.25, 0.3) is 0 Å². The average molecular weight is 312 g/mol. The summed E-state index contributed by atoms with van der Waals surface area (Å²) in [5, 5.41) is 4.14. The van der Waals surface area contributed by atoms with Gasteiger partial charge in [-0.05, 0) is 30.4 Å². The van der Waals surface area contributed by atoms with Gasteiger partial charge in [0.15, 0.2) is 0 Å². The highest BCUT2D eigenvalue weighted by Crippen LogP contribution is 2.25. The van der Waals surface area contributed by atoms with E-state index in [1.807, 2.05) is 0 Å². The van der Waals surface area contributed by atoms with E-state index in [4.69, 9.17) is 16.3 Å². The molecule has 21 heavy (non-hydrogen) atoms. The zero-order valence-corrected chi connectivity index (χ0v) is 14.0. The van der Waals surface area contributed by atoms with Gasteiger partial charge < -0.3 is 15.0 Å². The van der Waals surface area contributed by atoms with Crippen LogP contribution in [0.15, 0.2) is 12.3 Å². The molecule has 1 atom stereocenters. The lowest BCUT2D eigenvalue weighted by molar-refractivity contribution is 0.143. The van der Waals surface area contributed by atoms with Crippen molar-refractivity contribution in [3.8, 4) is 0 Å². The number of nitrogens with one attached hydrogen (secondary N) is 1. The molecule has 0 spiro atoms. The number of anilines is 1. The summed E-state index contributed by atoms with van der Waals surface area (Å²) in [6.07, 6.45) is 4.20. The number of pyridine rings is 1. The van der Waals surface area contributed by atoms with Crippen molar-refractivity contribution in [3.05, 3.63) is 22.8 Å². The molecule has 0 aliphatic carbocycles. The second-order valence-corrected chi connectivity index (χ2v) is 6.49. The summed E-state index contributed by atoms with van der Waals surface area (Å²) >= 11 is 6.26. The second-order valence-electron chi connectivity index (χ2n) is 6.08. The first-order chi connectivity index (χ1) is 10.1. The van der Waals surface area contributed by atoms with Crippen molar-refractivity contribution in [1.29, 1.82) is 0 Å². The van der Waals surface area contributed by atoms with Crippen LogP contribution in [0.3, 0.4) is 0 Å². The fraction of sp³-hybridized carbons (Fsp3) is 0.688. The van der Waals surface area contributed by atoms with Crippen molar-refractivity contribution in [1.82, 2.24) is 10.3 Å². The van der Waals surface area contributed by atoms with Crippen LogP contribution in [0.1, 0.15) is 32.3 Å². The van der Waals surface area contributed by atoms with E-state index in [-0.39, 0.29) is 0 Å². The lowest BCUT2D eigenvalue weighted by Crippen LogP contribution is -2.37. The Kier molecular flexibility index (Phi) is 6.27. The molecular formula is C16H26ClN3O. The summed E-state index contributed by atoms with van der Waals surface area (Å²) in [4.78, 5) is 6.86. The number of hydrogen-bond donors (Lipinski definition) is 1. The first kappa shape index (κ1) is 16.5. The van der Waals surface area contributed by atoms with E-state index in [9.17, 15) is 0 Å². The fourth-order valence-corrected chi connectivity index (χ4v) is 2.91. The van der Waals surface area contributed by atoms with Gasteiger partial charge >= 0.3 is 0 Å². The van der Waals surface area contributed by atoms with Crippen molar-refractivity contribution >= 4 is 17.4 Å². The third-order valence-corrected chi connectivity index (χ3v) is 4.21. The third-order valence-electron chi connectivity index (χ3n) is 3.87. The van der Waals surface area contributed by atoms with E-state index in [0.29, 0.717) is 12.0 Å². The van der Waals surface area contributed by atoms with Gasteiger partial charge in [-0.1, -0.05) is 25.4 Å². The van der Waals surface area contributed by atoms with Crippen molar-refractivity contribution in [2.45, 2.75) is 39.3 Å². The SMILES string of the molecule is COCC1CCCN(c2cc(CNC(C)C)c(Cl)cn2)C1. The van der Waals surface area contributed by atoms with Gasteiger partial charge in [0.2, 0.25) is 0 Å². The molecule has 0 saturated carbocycles. The van der Waals surface area contributed by atoms with Crippen LogP contribution in [0.5, 0.6) is 0 Å². The molecule has 1 fully saturated rings. The number of halogens is 1. The normalized spacial score (nSPS) is 19.3. The standard InChI is InChI=1S/C16H26ClN3O/c1-12(2)18-8-14-7-16(19-9-15(14)17)20-6-4-5-13(10-20)11-21-3/h7,9,12-13,18H,4-6,8,10-11H2,1-3H3. The molecule has 5 heteroatoms. The Labute approximate surface area is 132 Å². The molecule has 1 unspecified atom stereocenters. The van der Waals surface area contributed by atoms with Crippen LogP contribution in [0, 0.1) is 5.92 Å². The van der Waals surface area contributed by atoms with E-state index in [0.717, 1.165) is 42.6 Å². The predicted octanol–water partition coefficient (Wildman–Crippen LogP) is 3.10. The zero-order chi connectivity index (χ0) is 15.2. The molecule has 2 rings (SSSR count). The van der Waals surface area contributed by atoms with Crippen molar-refractivity contribution in [3.63, 3.8) is 0 Å². The van der Waals surface area contributed by atoms with E-state index in [1.165, 1.54) is 12.8 Å². The molecule has 4 nitrogen and oxygen atoms in total. The number of aromatic nitrogens is 1. The van der Waals surface area contributed by atoms with Gasteiger partial charge in [0.1, 0.15) is 5.82 Å². The van der Waals surface area contributed by atoms with Crippen LogP contribution >= 0.6 is 11.6 Å². The van der Waals surface area contributed by atoms with E-state index in [1.54, 1.807) is 13.3 Å². The average Bonchev–Trinajstić information content (AvgIpc) is 2.47. The quantitative estimate of drug-likeness (QED) is 0.876. The monoisotopic (exact) mass is 311 g/mol. The number of methoxy groups -OCH3 is 1. The molecule has 1 aromatic rings. The molecule has 0 bridgehead atoms. The molecule has 1 aliphatic rings. The molecule has 0 amide bonds. The molecule has 118 valence electrons. The first-order valence-corrected chi connectivity index (χ1v) is 8.09. The van der Waals surface area contributed by atoms with Crippen LogP contribution in [-0.2, 0) is 11.3 Å². The number of rotatable bonds is 6. The van der Waals surface area contributed by atoms with Crippen molar-refractivity contribution < 1.29 is 4.74 Å². The van der Waals surface area contributed by atoms with Crippen molar-refractivity contribution in [2.75, 3.05) is 31.7 Å². The summed E-state index contributed by atoms with van der Waals surface area (Å²) in [6.45, 7) is 7.95. The van der Waals surface area contributed by atoms with Crippen LogP contribution < -0.4 is 10.2 Å². The minimum absolute atomic E-state index is 0.443. The highest BCUT2D eigenvalue weighted by molar-refractivity contribution is 6.31. The minimum Gasteiger partial charge on any atom is -0.384 e. The fourth-order valence-electron chi connectivity index (χ4n) is 2.74. The Morgan fingerprint density at radius 2 is 2.33 bits per heavy atom. The van der Waals surface area contributed by atoms with Gasteiger partial charge in [-0.3, -0.25) is 0 Å². The number of piperidine rings is 1. The predicted molar refractivity (Wildman–Crippen MR) is 88.0 cm³/mol. The van der Waals surface area contributed by atoms with Gasteiger partial charge in [0.25, 0.3) is 0 Å². The largest absolute Gasteiger partial charge is 0.384 e. The number of nitrogens with zero attached hydrogens (tertiary/aromatic N) is 2. The first-order valence-electron chi connectivity index (χ1n) is 7.72. The maximum atomic E-state index is 6.26. The highest BCUT2D eigenvalue weighted by Gasteiger charge is 2.21. The summed E-state index contributed by atoms with van der Waals surface area (Å²) in [7, 11) is 1.77. The van der Waals surface area contributed by atoms with E-state index < -0.39 is 0 Å². The minimum atomic E-state index is 0.443. The third kappa shape index (κ3) is 4.83. The van der Waals surface area contributed by atoms with E-state index >= 15 is 0 Å². The molecular weight excluding hydrogens is 286 g/mol. The maximum absolute atomic E-state index is 6.26. The summed E-state index contributed by atoms with van der Waals surface area (Å²) in [5.41, 5.74) is 1.12. The van der Waals surface area contributed by atoms with Crippen molar-refractivity contribution in [2.24, 2.45) is 5.92 Å². The summed E-state index contributed by atoms with van der Waals surface area (Å²) in [5.74, 6) is 1.62. The Balaban J connectivity index is 2.06. The molecule has 1 N–H and O–H groups in total. The molecule has 1 saturated heterocycles.